The van der Waals surface area contributed by atoms with E-state index in [0.29, 0.717) is 21.5 Å². The van der Waals surface area contributed by atoms with Gasteiger partial charge in [-0.2, -0.15) is 0 Å². The highest BCUT2D eigenvalue weighted by atomic mass is 35.5. The Bertz CT molecular complexity index is 1350. The number of halogens is 1. The van der Waals surface area contributed by atoms with Gasteiger partial charge in [-0.25, -0.2) is 13.4 Å². The van der Waals surface area contributed by atoms with Crippen LogP contribution in [0.25, 0.3) is 11.3 Å². The van der Waals surface area contributed by atoms with Crippen LogP contribution in [0, 0.1) is 0 Å². The molecule has 4 aromatic rings. The molecule has 32 heavy (non-hydrogen) atoms. The highest BCUT2D eigenvalue weighted by Gasteiger charge is 2.22. The fourth-order valence-corrected chi connectivity index (χ4v) is 5.07. The molecule has 1 aromatic heterocycles. The summed E-state index contributed by atoms with van der Waals surface area (Å²) in [5, 5.41) is 5.60. The van der Waals surface area contributed by atoms with Gasteiger partial charge in [-0.15, -0.1) is 11.3 Å². The summed E-state index contributed by atoms with van der Waals surface area (Å²) < 4.78 is 27.2. The largest absolute Gasteiger partial charge is 0.298 e. The van der Waals surface area contributed by atoms with E-state index in [1.807, 2.05) is 23.6 Å². The molecular formula is C23H18ClN3O3S2. The summed E-state index contributed by atoms with van der Waals surface area (Å²) in [6, 6.07) is 21.9. The normalized spacial score (nSPS) is 11.2. The molecular weight excluding hydrogens is 466 g/mol. The van der Waals surface area contributed by atoms with Crippen molar-refractivity contribution in [2.45, 2.75) is 4.90 Å². The number of hydrogen-bond acceptors (Lipinski definition) is 5. The van der Waals surface area contributed by atoms with Crippen LogP contribution in [0.5, 0.6) is 0 Å². The summed E-state index contributed by atoms with van der Waals surface area (Å²) in [6.45, 7) is 0. The molecule has 0 aliphatic carbocycles. The molecule has 0 spiro atoms. The SMILES string of the molecule is CN(c1ccccc1)S(=O)(=O)c1cccc(C(=O)Nc2nc(-c3ccc(Cl)cc3)cs2)c1. The predicted molar refractivity (Wildman–Crippen MR) is 129 cm³/mol. The molecule has 0 radical (unpaired) electrons. The first-order chi connectivity index (χ1) is 15.3. The Labute approximate surface area is 195 Å². The van der Waals surface area contributed by atoms with Crippen molar-refractivity contribution < 1.29 is 13.2 Å². The molecule has 6 nitrogen and oxygen atoms in total. The van der Waals surface area contributed by atoms with Gasteiger partial charge >= 0.3 is 0 Å². The molecule has 0 atom stereocenters. The van der Waals surface area contributed by atoms with Gasteiger partial charge in [0.2, 0.25) is 0 Å². The molecule has 0 saturated carbocycles. The summed E-state index contributed by atoms with van der Waals surface area (Å²) in [6.07, 6.45) is 0. The van der Waals surface area contributed by atoms with Gasteiger partial charge in [-0.05, 0) is 42.5 Å². The van der Waals surface area contributed by atoms with E-state index in [9.17, 15) is 13.2 Å². The zero-order valence-corrected chi connectivity index (χ0v) is 19.3. The third kappa shape index (κ3) is 4.67. The molecule has 3 aromatic carbocycles. The zero-order valence-electron chi connectivity index (χ0n) is 16.9. The van der Waals surface area contributed by atoms with Gasteiger partial charge in [0.1, 0.15) is 0 Å². The Morgan fingerprint density at radius 3 is 2.44 bits per heavy atom. The Morgan fingerprint density at radius 2 is 1.72 bits per heavy atom. The van der Waals surface area contributed by atoms with Crippen molar-refractivity contribution in [2.24, 2.45) is 0 Å². The lowest BCUT2D eigenvalue weighted by Gasteiger charge is -2.19. The summed E-state index contributed by atoms with van der Waals surface area (Å²) in [5.41, 5.74) is 2.33. The lowest BCUT2D eigenvalue weighted by Crippen LogP contribution is -2.26. The molecule has 1 heterocycles. The minimum absolute atomic E-state index is 0.0255. The van der Waals surface area contributed by atoms with E-state index in [1.54, 1.807) is 48.5 Å². The second-order valence-corrected chi connectivity index (χ2v) is 10.1. The topological polar surface area (TPSA) is 79.4 Å². The molecule has 0 bridgehead atoms. The Hall–Kier alpha value is -3.20. The third-order valence-electron chi connectivity index (χ3n) is 4.74. The molecule has 1 N–H and O–H groups in total. The number of carbonyl (C=O) groups is 1. The fourth-order valence-electron chi connectivity index (χ4n) is 2.99. The molecule has 1 amide bonds. The number of nitrogens with one attached hydrogen (secondary N) is 1. The number of rotatable bonds is 6. The number of hydrogen-bond donors (Lipinski definition) is 1. The summed E-state index contributed by atoms with van der Waals surface area (Å²) in [4.78, 5) is 17.2. The minimum Gasteiger partial charge on any atom is -0.298 e. The van der Waals surface area contributed by atoms with Gasteiger partial charge in [0, 0.05) is 28.6 Å². The average Bonchev–Trinajstić information content (AvgIpc) is 3.28. The molecule has 0 unspecified atom stereocenters. The van der Waals surface area contributed by atoms with Crippen LogP contribution in [0.3, 0.4) is 0 Å². The zero-order chi connectivity index (χ0) is 22.7. The van der Waals surface area contributed by atoms with Gasteiger partial charge < -0.3 is 0 Å². The average molecular weight is 484 g/mol. The van der Waals surface area contributed by atoms with Crippen molar-refractivity contribution >= 4 is 49.7 Å². The van der Waals surface area contributed by atoms with Crippen LogP contribution in [0.15, 0.2) is 89.1 Å². The van der Waals surface area contributed by atoms with Crippen LogP contribution < -0.4 is 9.62 Å². The fraction of sp³-hybridized carbons (Fsp3) is 0.0435. The lowest BCUT2D eigenvalue weighted by atomic mass is 10.2. The van der Waals surface area contributed by atoms with Gasteiger partial charge in [0.05, 0.1) is 16.3 Å². The van der Waals surface area contributed by atoms with Crippen LogP contribution in [0.1, 0.15) is 10.4 Å². The van der Waals surface area contributed by atoms with Gasteiger partial charge in [0.15, 0.2) is 5.13 Å². The van der Waals surface area contributed by atoms with E-state index in [2.05, 4.69) is 10.3 Å². The predicted octanol–water partition coefficient (Wildman–Crippen LogP) is 5.54. The number of thiazole rings is 1. The first-order valence-electron chi connectivity index (χ1n) is 9.51. The standard InChI is InChI=1S/C23H18ClN3O3S2/c1-27(19-7-3-2-4-8-19)32(29,30)20-9-5-6-17(14-20)22(28)26-23-25-21(15-31-23)16-10-12-18(24)13-11-16/h2-15H,1H3,(H,25,26,28). The number of nitrogens with zero attached hydrogens (tertiary/aromatic N) is 2. The first-order valence-corrected chi connectivity index (χ1v) is 12.2. The van der Waals surface area contributed by atoms with Crippen molar-refractivity contribution in [1.82, 2.24) is 4.98 Å². The van der Waals surface area contributed by atoms with Crippen LogP contribution in [0.4, 0.5) is 10.8 Å². The van der Waals surface area contributed by atoms with Crippen LogP contribution in [-0.4, -0.2) is 26.4 Å². The Kier molecular flexibility index (Phi) is 6.27. The number of para-hydroxylation sites is 1. The lowest BCUT2D eigenvalue weighted by molar-refractivity contribution is 0.102. The number of amides is 1. The maximum absolute atomic E-state index is 13.0. The number of benzene rings is 3. The summed E-state index contributed by atoms with van der Waals surface area (Å²) in [7, 11) is -2.35. The quantitative estimate of drug-likeness (QED) is 0.390. The van der Waals surface area contributed by atoms with Gasteiger partial charge in [-0.3, -0.25) is 14.4 Å². The van der Waals surface area contributed by atoms with E-state index in [-0.39, 0.29) is 10.5 Å². The van der Waals surface area contributed by atoms with Crippen LogP contribution in [0.2, 0.25) is 5.02 Å². The van der Waals surface area contributed by atoms with Gasteiger partial charge in [-0.1, -0.05) is 48.0 Å². The van der Waals surface area contributed by atoms with Crippen molar-refractivity contribution in [3.05, 3.63) is 94.8 Å². The van der Waals surface area contributed by atoms with Crippen molar-refractivity contribution in [3.63, 3.8) is 0 Å². The number of sulfonamides is 1. The second-order valence-electron chi connectivity index (χ2n) is 6.83. The van der Waals surface area contributed by atoms with E-state index in [0.717, 1.165) is 5.56 Å². The van der Waals surface area contributed by atoms with Crippen LogP contribution >= 0.6 is 22.9 Å². The first kappa shape index (κ1) is 22.0. The van der Waals surface area contributed by atoms with Crippen molar-refractivity contribution in [1.29, 1.82) is 0 Å². The maximum Gasteiger partial charge on any atom is 0.264 e. The molecule has 0 aliphatic heterocycles. The smallest absolute Gasteiger partial charge is 0.264 e. The molecule has 4 rings (SSSR count). The summed E-state index contributed by atoms with van der Waals surface area (Å²) in [5.74, 6) is -0.443. The highest BCUT2D eigenvalue weighted by molar-refractivity contribution is 7.92. The van der Waals surface area contributed by atoms with E-state index < -0.39 is 15.9 Å². The third-order valence-corrected chi connectivity index (χ3v) is 7.53. The van der Waals surface area contributed by atoms with Gasteiger partial charge in [0.25, 0.3) is 15.9 Å². The summed E-state index contributed by atoms with van der Waals surface area (Å²) >= 11 is 7.20. The maximum atomic E-state index is 13.0. The van der Waals surface area contributed by atoms with E-state index >= 15 is 0 Å². The number of carbonyl (C=O) groups excluding carboxylic acids is 1. The molecule has 162 valence electrons. The van der Waals surface area contributed by atoms with Crippen molar-refractivity contribution in [3.8, 4) is 11.3 Å². The molecule has 0 aliphatic rings. The van der Waals surface area contributed by atoms with E-state index in [4.69, 9.17) is 11.6 Å². The highest BCUT2D eigenvalue weighted by Crippen LogP contribution is 2.27. The Morgan fingerprint density at radius 1 is 1.00 bits per heavy atom. The number of aromatic nitrogens is 1. The van der Waals surface area contributed by atoms with Crippen LogP contribution in [-0.2, 0) is 10.0 Å². The molecule has 9 heteroatoms. The minimum atomic E-state index is -3.83. The molecule has 0 fully saturated rings. The Balaban J connectivity index is 1.53. The van der Waals surface area contributed by atoms with Crippen molar-refractivity contribution in [2.75, 3.05) is 16.7 Å². The number of anilines is 2. The van der Waals surface area contributed by atoms with E-state index in [1.165, 1.54) is 34.8 Å². The second kappa shape index (κ2) is 9.12. The monoisotopic (exact) mass is 483 g/mol. The molecule has 0 saturated heterocycles.